The van der Waals surface area contributed by atoms with E-state index in [9.17, 15) is 5.11 Å². The molecular formula is C11H17ClN2O2. The van der Waals surface area contributed by atoms with Crippen LogP contribution in [0.5, 0.6) is 5.75 Å². The molecule has 5 N–H and O–H groups in total. The number of aliphatic hydroxyl groups excluding tert-OH is 1. The summed E-state index contributed by atoms with van der Waals surface area (Å²) in [5.74, 6) is 0.643. The predicted molar refractivity (Wildman–Crippen MR) is 64.7 cm³/mol. The van der Waals surface area contributed by atoms with E-state index in [1.54, 1.807) is 19.2 Å². The molecule has 0 aromatic heterocycles. The van der Waals surface area contributed by atoms with E-state index in [2.05, 4.69) is 0 Å². The molecule has 0 spiro atoms. The maximum atomic E-state index is 9.63. The van der Waals surface area contributed by atoms with Gasteiger partial charge in [-0.2, -0.15) is 0 Å². The third kappa shape index (κ3) is 2.65. The molecule has 0 saturated carbocycles. The lowest BCUT2D eigenvalue weighted by Gasteiger charge is -2.21. The van der Waals surface area contributed by atoms with Crippen molar-refractivity contribution in [2.45, 2.75) is 19.1 Å². The molecule has 0 bridgehead atoms. The summed E-state index contributed by atoms with van der Waals surface area (Å²) in [5, 5.41) is 10.2. The van der Waals surface area contributed by atoms with Gasteiger partial charge in [0.25, 0.3) is 0 Å². The first-order valence-corrected chi connectivity index (χ1v) is 5.36. The lowest BCUT2D eigenvalue weighted by Crippen LogP contribution is -2.33. The average Bonchev–Trinajstić information content (AvgIpc) is 2.26. The van der Waals surface area contributed by atoms with Crippen LogP contribution in [0.3, 0.4) is 0 Å². The number of aryl methyl sites for hydroxylation is 1. The molecule has 0 aliphatic heterocycles. The second-order valence-electron chi connectivity index (χ2n) is 3.67. The van der Waals surface area contributed by atoms with Crippen LogP contribution in [0.4, 0.5) is 0 Å². The smallest absolute Gasteiger partial charge is 0.126 e. The van der Waals surface area contributed by atoms with E-state index < -0.39 is 12.1 Å². The summed E-state index contributed by atoms with van der Waals surface area (Å²) in [6.45, 7) is 1.96. The highest BCUT2D eigenvalue weighted by molar-refractivity contribution is 6.30. The fourth-order valence-electron chi connectivity index (χ4n) is 1.64. The molecule has 0 radical (unpaired) electrons. The van der Waals surface area contributed by atoms with E-state index in [0.717, 1.165) is 5.56 Å². The molecule has 90 valence electrons. The Balaban J connectivity index is 3.20. The van der Waals surface area contributed by atoms with Crippen molar-refractivity contribution >= 4 is 11.6 Å². The summed E-state index contributed by atoms with van der Waals surface area (Å²) in [6, 6.07) is 2.87. The van der Waals surface area contributed by atoms with Crippen molar-refractivity contribution in [3.05, 3.63) is 28.3 Å². The second-order valence-corrected chi connectivity index (χ2v) is 4.11. The van der Waals surface area contributed by atoms with Gasteiger partial charge < -0.3 is 21.3 Å². The van der Waals surface area contributed by atoms with E-state index in [1.165, 1.54) is 0 Å². The maximum absolute atomic E-state index is 9.63. The molecule has 1 aromatic carbocycles. The summed E-state index contributed by atoms with van der Waals surface area (Å²) >= 11 is 5.95. The first-order valence-electron chi connectivity index (χ1n) is 4.99. The fourth-order valence-corrected chi connectivity index (χ4v) is 1.92. The molecule has 1 aromatic rings. The van der Waals surface area contributed by atoms with Gasteiger partial charge in [-0.05, 0) is 24.6 Å². The number of halogens is 1. The molecular weight excluding hydrogens is 228 g/mol. The van der Waals surface area contributed by atoms with Crippen molar-refractivity contribution in [1.29, 1.82) is 0 Å². The quantitative estimate of drug-likeness (QED) is 0.737. The van der Waals surface area contributed by atoms with E-state index >= 15 is 0 Å². The number of benzene rings is 1. The van der Waals surface area contributed by atoms with Crippen LogP contribution in [0.15, 0.2) is 12.1 Å². The van der Waals surface area contributed by atoms with Gasteiger partial charge >= 0.3 is 0 Å². The molecule has 0 aliphatic carbocycles. The molecule has 16 heavy (non-hydrogen) atoms. The van der Waals surface area contributed by atoms with Gasteiger partial charge in [0.1, 0.15) is 5.75 Å². The molecule has 0 amide bonds. The maximum Gasteiger partial charge on any atom is 0.126 e. The Bertz CT molecular complexity index is 371. The Labute approximate surface area is 100 Å². The van der Waals surface area contributed by atoms with Crippen LogP contribution in [-0.4, -0.2) is 24.9 Å². The van der Waals surface area contributed by atoms with E-state index in [4.69, 9.17) is 27.8 Å². The summed E-state index contributed by atoms with van der Waals surface area (Å²) in [6.07, 6.45) is -0.813. The number of hydrogen-bond donors (Lipinski definition) is 3. The van der Waals surface area contributed by atoms with Gasteiger partial charge in [0.15, 0.2) is 0 Å². The van der Waals surface area contributed by atoms with Crippen LogP contribution in [0, 0.1) is 6.92 Å². The minimum atomic E-state index is -0.813. The third-order valence-electron chi connectivity index (χ3n) is 2.49. The SMILES string of the molecule is COc1c(C)cc(Cl)cc1C(N)C(O)CN. The highest BCUT2D eigenvalue weighted by Gasteiger charge is 2.20. The van der Waals surface area contributed by atoms with Crippen LogP contribution >= 0.6 is 11.6 Å². The first-order chi connectivity index (χ1) is 7.51. The zero-order chi connectivity index (χ0) is 12.3. The molecule has 0 heterocycles. The highest BCUT2D eigenvalue weighted by atomic mass is 35.5. The van der Waals surface area contributed by atoms with Gasteiger partial charge in [-0.25, -0.2) is 0 Å². The Morgan fingerprint density at radius 3 is 2.62 bits per heavy atom. The van der Waals surface area contributed by atoms with Crippen molar-refractivity contribution < 1.29 is 9.84 Å². The van der Waals surface area contributed by atoms with Gasteiger partial charge in [0.2, 0.25) is 0 Å². The largest absolute Gasteiger partial charge is 0.496 e. The van der Waals surface area contributed by atoms with E-state index in [-0.39, 0.29) is 6.54 Å². The minimum Gasteiger partial charge on any atom is -0.496 e. The van der Waals surface area contributed by atoms with Crippen LogP contribution in [-0.2, 0) is 0 Å². The van der Waals surface area contributed by atoms with Crippen molar-refractivity contribution in [2.24, 2.45) is 11.5 Å². The van der Waals surface area contributed by atoms with Crippen LogP contribution in [0.25, 0.3) is 0 Å². The monoisotopic (exact) mass is 244 g/mol. The predicted octanol–water partition coefficient (Wildman–Crippen LogP) is 0.976. The van der Waals surface area contributed by atoms with Crippen LogP contribution in [0.1, 0.15) is 17.2 Å². The molecule has 5 heteroatoms. The molecule has 0 saturated heterocycles. The molecule has 1 rings (SSSR count). The summed E-state index contributed by atoms with van der Waals surface area (Å²) in [5.41, 5.74) is 12.8. The number of nitrogens with two attached hydrogens (primary N) is 2. The molecule has 4 nitrogen and oxygen atoms in total. The Morgan fingerprint density at radius 1 is 1.50 bits per heavy atom. The van der Waals surface area contributed by atoms with Crippen LogP contribution in [0.2, 0.25) is 5.02 Å². The molecule has 0 aliphatic rings. The van der Waals surface area contributed by atoms with Crippen molar-refractivity contribution in [3.63, 3.8) is 0 Å². The van der Waals surface area contributed by atoms with Crippen molar-refractivity contribution in [3.8, 4) is 5.75 Å². The number of aliphatic hydroxyl groups is 1. The normalized spacial score (nSPS) is 14.6. The van der Waals surface area contributed by atoms with Crippen LogP contribution < -0.4 is 16.2 Å². The molecule has 2 atom stereocenters. The van der Waals surface area contributed by atoms with Crippen molar-refractivity contribution in [2.75, 3.05) is 13.7 Å². The van der Waals surface area contributed by atoms with Gasteiger partial charge in [0.05, 0.1) is 19.3 Å². The van der Waals surface area contributed by atoms with Gasteiger partial charge in [0, 0.05) is 17.1 Å². The van der Waals surface area contributed by atoms with Gasteiger partial charge in [-0.15, -0.1) is 0 Å². The minimum absolute atomic E-state index is 0.0931. The zero-order valence-corrected chi connectivity index (χ0v) is 10.2. The fraction of sp³-hybridized carbons (Fsp3) is 0.455. The zero-order valence-electron chi connectivity index (χ0n) is 9.40. The average molecular weight is 245 g/mol. The standard InChI is InChI=1S/C11H17ClN2O2/c1-6-3-7(12)4-8(11(6)16-2)10(14)9(15)5-13/h3-4,9-10,15H,5,13-14H2,1-2H3. The number of ether oxygens (including phenoxy) is 1. The Hall–Kier alpha value is -0.810. The summed E-state index contributed by atoms with van der Waals surface area (Å²) < 4.78 is 5.26. The highest BCUT2D eigenvalue weighted by Crippen LogP contribution is 2.32. The summed E-state index contributed by atoms with van der Waals surface area (Å²) in [7, 11) is 1.56. The number of rotatable bonds is 4. The molecule has 0 fully saturated rings. The van der Waals surface area contributed by atoms with Gasteiger partial charge in [-0.3, -0.25) is 0 Å². The number of methoxy groups -OCH3 is 1. The third-order valence-corrected chi connectivity index (χ3v) is 2.71. The van der Waals surface area contributed by atoms with E-state index in [1.807, 2.05) is 6.92 Å². The lowest BCUT2D eigenvalue weighted by atomic mass is 9.99. The second kappa shape index (κ2) is 5.50. The van der Waals surface area contributed by atoms with Gasteiger partial charge in [-0.1, -0.05) is 11.6 Å². The lowest BCUT2D eigenvalue weighted by molar-refractivity contribution is 0.151. The topological polar surface area (TPSA) is 81.5 Å². The summed E-state index contributed by atoms with van der Waals surface area (Å²) in [4.78, 5) is 0. The van der Waals surface area contributed by atoms with E-state index in [0.29, 0.717) is 16.3 Å². The van der Waals surface area contributed by atoms with Crippen molar-refractivity contribution in [1.82, 2.24) is 0 Å². The Kier molecular flexibility index (Phi) is 4.56. The molecule has 2 unspecified atom stereocenters. The number of hydrogen-bond acceptors (Lipinski definition) is 4. The Morgan fingerprint density at radius 2 is 2.12 bits per heavy atom. The first kappa shape index (κ1) is 13.3.